The number of benzene rings is 2. The predicted molar refractivity (Wildman–Crippen MR) is 140 cm³/mol. The predicted octanol–water partition coefficient (Wildman–Crippen LogP) is 4.30. The van der Waals surface area contributed by atoms with E-state index in [1.165, 1.54) is 0 Å². The number of fused-ring (bicyclic) bond motifs is 3. The first-order valence-corrected chi connectivity index (χ1v) is 12.3. The molecule has 2 atom stereocenters. The number of rotatable bonds is 4. The van der Waals surface area contributed by atoms with Crippen molar-refractivity contribution in [3.8, 4) is 33.6 Å². The van der Waals surface area contributed by atoms with Gasteiger partial charge in [0.05, 0.1) is 29.0 Å². The third-order valence-electron chi connectivity index (χ3n) is 7.63. The summed E-state index contributed by atoms with van der Waals surface area (Å²) in [7, 11) is 0. The minimum absolute atomic E-state index is 0.278. The van der Waals surface area contributed by atoms with Crippen LogP contribution in [0.2, 0.25) is 0 Å². The number of aromatic nitrogens is 6. The molecule has 2 N–H and O–H groups in total. The molecule has 8 rings (SSSR count). The number of aromatic amines is 1. The summed E-state index contributed by atoms with van der Waals surface area (Å²) in [4.78, 5) is 11.2. The number of pyridine rings is 1. The number of hydrogen-bond acceptors (Lipinski definition) is 6. The Morgan fingerprint density at radius 2 is 1.89 bits per heavy atom. The monoisotopic (exact) mass is 488 g/mol. The van der Waals surface area contributed by atoms with Crippen LogP contribution < -0.4 is 10.2 Å². The van der Waals surface area contributed by atoms with Crippen LogP contribution in [0.5, 0.6) is 0 Å². The molecule has 2 aliphatic heterocycles. The van der Waals surface area contributed by atoms with Crippen LogP contribution in [0.1, 0.15) is 0 Å². The summed E-state index contributed by atoms with van der Waals surface area (Å²) in [5, 5.41) is 16.6. The number of nitrogens with zero attached hydrogens (tertiary/aromatic N) is 6. The molecule has 0 radical (unpaired) electrons. The number of H-pyrrole nitrogens is 1. The van der Waals surface area contributed by atoms with E-state index in [4.69, 9.17) is 10.1 Å². The van der Waals surface area contributed by atoms with E-state index < -0.39 is 0 Å². The number of piperazine rings is 1. The van der Waals surface area contributed by atoms with E-state index in [9.17, 15) is 0 Å². The van der Waals surface area contributed by atoms with Gasteiger partial charge in [0.1, 0.15) is 11.5 Å². The van der Waals surface area contributed by atoms with E-state index >= 15 is 4.39 Å². The first-order chi connectivity index (χ1) is 18.3. The molecule has 0 aliphatic carbocycles. The minimum atomic E-state index is -0.278. The lowest BCUT2D eigenvalue weighted by atomic mass is 9.88. The third kappa shape index (κ3) is 2.98. The van der Waals surface area contributed by atoms with Gasteiger partial charge in [-0.25, -0.2) is 13.9 Å². The fraction of sp³-hybridized carbons (Fsp3) is 0.143. The van der Waals surface area contributed by atoms with E-state index in [1.54, 1.807) is 29.2 Å². The maximum atomic E-state index is 15.6. The Morgan fingerprint density at radius 3 is 2.68 bits per heavy atom. The second kappa shape index (κ2) is 7.68. The van der Waals surface area contributed by atoms with Gasteiger partial charge in [0.15, 0.2) is 5.65 Å². The van der Waals surface area contributed by atoms with Gasteiger partial charge < -0.3 is 10.2 Å². The van der Waals surface area contributed by atoms with Crippen LogP contribution in [0.25, 0.3) is 50.2 Å². The largest absolute Gasteiger partial charge is 0.364 e. The average Bonchev–Trinajstić information content (AvgIpc) is 3.56. The lowest BCUT2D eigenvalue weighted by Crippen LogP contribution is -2.78. The van der Waals surface area contributed by atoms with Crippen molar-refractivity contribution in [3.63, 3.8) is 0 Å². The third-order valence-corrected chi connectivity index (χ3v) is 7.63. The number of anilines is 1. The van der Waals surface area contributed by atoms with Crippen molar-refractivity contribution in [2.24, 2.45) is 0 Å². The van der Waals surface area contributed by atoms with E-state index in [0.29, 0.717) is 29.0 Å². The van der Waals surface area contributed by atoms with Crippen molar-refractivity contribution >= 4 is 22.2 Å². The SMILES string of the molecule is Fc1cc(N2CC3NCC32)ccc1-c1ccnc2c(-c3cccc4[nH]ncc34)c(-c3ccncc3)nn12. The summed E-state index contributed by atoms with van der Waals surface area (Å²) in [5.74, 6) is -0.278. The molecule has 6 heterocycles. The van der Waals surface area contributed by atoms with Crippen LogP contribution in [0.3, 0.4) is 0 Å². The quantitative estimate of drug-likeness (QED) is 0.385. The Labute approximate surface area is 210 Å². The van der Waals surface area contributed by atoms with Gasteiger partial charge in [-0.1, -0.05) is 12.1 Å². The molecule has 180 valence electrons. The number of nitrogens with one attached hydrogen (secondary N) is 2. The van der Waals surface area contributed by atoms with Crippen molar-refractivity contribution < 1.29 is 4.39 Å². The van der Waals surface area contributed by atoms with Crippen molar-refractivity contribution in [2.75, 3.05) is 18.0 Å². The van der Waals surface area contributed by atoms with Gasteiger partial charge >= 0.3 is 0 Å². The van der Waals surface area contributed by atoms with Crippen molar-refractivity contribution in [1.29, 1.82) is 0 Å². The highest BCUT2D eigenvalue weighted by molar-refractivity contribution is 6.02. The first kappa shape index (κ1) is 20.6. The molecular formula is C28H21FN8. The summed E-state index contributed by atoms with van der Waals surface area (Å²) in [5.41, 5.74) is 7.07. The lowest BCUT2D eigenvalue weighted by molar-refractivity contribution is 0.213. The zero-order valence-electron chi connectivity index (χ0n) is 19.6. The molecule has 2 saturated heterocycles. The van der Waals surface area contributed by atoms with Crippen LogP contribution in [-0.2, 0) is 0 Å². The van der Waals surface area contributed by atoms with Crippen molar-refractivity contribution in [3.05, 3.63) is 85.2 Å². The molecule has 0 bridgehead atoms. The Morgan fingerprint density at radius 1 is 0.973 bits per heavy atom. The molecule has 2 fully saturated rings. The fourth-order valence-corrected chi connectivity index (χ4v) is 5.60. The Kier molecular flexibility index (Phi) is 4.27. The zero-order chi connectivity index (χ0) is 24.5. The van der Waals surface area contributed by atoms with Crippen LogP contribution in [0.4, 0.5) is 10.1 Å². The molecule has 0 amide bonds. The lowest BCUT2D eigenvalue weighted by Gasteiger charge is -2.57. The van der Waals surface area contributed by atoms with Gasteiger partial charge in [0.2, 0.25) is 0 Å². The maximum absolute atomic E-state index is 15.6. The van der Waals surface area contributed by atoms with Crippen LogP contribution in [0.15, 0.2) is 79.4 Å². The van der Waals surface area contributed by atoms with Gasteiger partial charge in [-0.05, 0) is 48.0 Å². The molecule has 4 aromatic heterocycles. The Balaban J connectivity index is 1.34. The highest BCUT2D eigenvalue weighted by Crippen LogP contribution is 2.40. The van der Waals surface area contributed by atoms with E-state index in [1.807, 2.05) is 54.7 Å². The van der Waals surface area contributed by atoms with Crippen molar-refractivity contribution in [1.82, 2.24) is 35.1 Å². The topological polar surface area (TPSA) is 87.0 Å². The second-order valence-electron chi connectivity index (χ2n) is 9.56. The average molecular weight is 489 g/mol. The van der Waals surface area contributed by atoms with E-state index in [0.717, 1.165) is 52.1 Å². The van der Waals surface area contributed by atoms with Crippen molar-refractivity contribution in [2.45, 2.75) is 12.1 Å². The van der Waals surface area contributed by atoms with E-state index in [2.05, 4.69) is 25.4 Å². The second-order valence-corrected chi connectivity index (χ2v) is 9.56. The molecule has 2 aromatic carbocycles. The van der Waals surface area contributed by atoms with Crippen LogP contribution in [-0.4, -0.2) is 55.0 Å². The number of halogens is 1. The molecule has 9 heteroatoms. The summed E-state index contributed by atoms with van der Waals surface area (Å²) < 4.78 is 17.4. The van der Waals surface area contributed by atoms with Gasteiger partial charge in [-0.3, -0.25) is 10.1 Å². The Bertz CT molecular complexity index is 1810. The molecule has 2 aliphatic rings. The first-order valence-electron chi connectivity index (χ1n) is 12.3. The smallest absolute Gasteiger partial charge is 0.164 e. The van der Waals surface area contributed by atoms with Crippen LogP contribution >= 0.6 is 0 Å². The van der Waals surface area contributed by atoms with Gasteiger partial charge in [0.25, 0.3) is 0 Å². The van der Waals surface area contributed by atoms with Gasteiger partial charge in [-0.2, -0.15) is 10.2 Å². The maximum Gasteiger partial charge on any atom is 0.164 e. The van der Waals surface area contributed by atoms with Gasteiger partial charge in [-0.15, -0.1) is 0 Å². The molecule has 0 saturated carbocycles. The molecular weight excluding hydrogens is 467 g/mol. The summed E-state index contributed by atoms with van der Waals surface area (Å²) in [6.07, 6.45) is 7.01. The normalized spacial score (nSPS) is 18.6. The highest BCUT2D eigenvalue weighted by atomic mass is 19.1. The fourth-order valence-electron chi connectivity index (χ4n) is 5.60. The highest BCUT2D eigenvalue weighted by Gasteiger charge is 2.45. The van der Waals surface area contributed by atoms with Crippen LogP contribution in [0, 0.1) is 5.82 Å². The molecule has 0 spiro atoms. The Hall–Kier alpha value is -4.63. The molecule has 2 unspecified atom stereocenters. The summed E-state index contributed by atoms with van der Waals surface area (Å²) in [6.45, 7) is 1.87. The summed E-state index contributed by atoms with van der Waals surface area (Å²) in [6, 6.07) is 18.2. The molecule has 37 heavy (non-hydrogen) atoms. The van der Waals surface area contributed by atoms with Gasteiger partial charge in [0, 0.05) is 59.9 Å². The minimum Gasteiger partial charge on any atom is -0.364 e. The molecule has 6 aromatic rings. The zero-order valence-corrected chi connectivity index (χ0v) is 19.6. The summed E-state index contributed by atoms with van der Waals surface area (Å²) >= 11 is 0. The standard InChI is InChI=1S/C28H21FN8/c29-21-12-17(36-15-23-25(36)14-32-23)4-5-19(21)24-8-11-31-28-26(18-2-1-3-22-20(18)13-33-34-22)27(35-37(24)28)16-6-9-30-10-7-16/h1-13,23,25,32H,14-15H2,(H,33,34). The van der Waals surface area contributed by atoms with E-state index in [-0.39, 0.29) is 5.82 Å². The number of hydrogen-bond donors (Lipinski definition) is 2. The molecule has 8 nitrogen and oxygen atoms in total.